The lowest BCUT2D eigenvalue weighted by Gasteiger charge is -2.19. The zero-order valence-corrected chi connectivity index (χ0v) is 15.4. The monoisotopic (exact) mass is 387 g/mol. The van der Waals surface area contributed by atoms with Crippen molar-refractivity contribution in [2.45, 2.75) is 6.54 Å². The summed E-state index contributed by atoms with van der Waals surface area (Å²) < 4.78 is 11.1. The van der Waals surface area contributed by atoms with E-state index in [0.29, 0.717) is 36.7 Å². The molecule has 1 aliphatic rings. The van der Waals surface area contributed by atoms with Crippen LogP contribution in [0.5, 0.6) is 11.5 Å². The summed E-state index contributed by atoms with van der Waals surface area (Å²) in [6.07, 6.45) is 5.02. The molecule has 0 radical (unpaired) electrons. The Labute approximate surface area is 165 Å². The molecule has 0 saturated carbocycles. The van der Waals surface area contributed by atoms with Gasteiger partial charge in [0.2, 0.25) is 5.95 Å². The highest BCUT2D eigenvalue weighted by atomic mass is 16.6. The first kappa shape index (κ1) is 17.2. The van der Waals surface area contributed by atoms with Crippen molar-refractivity contribution in [2.24, 2.45) is 0 Å². The molecule has 1 aromatic carbocycles. The van der Waals surface area contributed by atoms with Gasteiger partial charge < -0.3 is 14.8 Å². The predicted molar refractivity (Wildman–Crippen MR) is 108 cm³/mol. The summed E-state index contributed by atoms with van der Waals surface area (Å²) in [4.78, 5) is 28.3. The molecule has 5 rings (SSSR count). The summed E-state index contributed by atoms with van der Waals surface area (Å²) in [7, 11) is 0. The quantitative estimate of drug-likeness (QED) is 0.555. The average molecular weight is 387 g/mol. The number of pyridine rings is 2. The molecular formula is C21H17N5O3. The largest absolute Gasteiger partial charge is 0.486 e. The third-order valence-corrected chi connectivity index (χ3v) is 4.67. The SMILES string of the molecule is O=c1[nH]c(NCc2ccc3c(c2)OCCO3)nc2nccc(-c3ccncc3)c12. The van der Waals surface area contributed by atoms with Gasteiger partial charge in [-0.05, 0) is 47.0 Å². The molecule has 0 unspecified atom stereocenters. The Balaban J connectivity index is 1.44. The van der Waals surface area contributed by atoms with E-state index in [1.165, 1.54) is 0 Å². The molecule has 0 fully saturated rings. The molecule has 0 amide bonds. The van der Waals surface area contributed by atoms with Crippen LogP contribution in [0.25, 0.3) is 22.2 Å². The highest BCUT2D eigenvalue weighted by Gasteiger charge is 2.13. The fourth-order valence-corrected chi connectivity index (χ4v) is 3.30. The van der Waals surface area contributed by atoms with Crippen molar-refractivity contribution >= 4 is 17.0 Å². The Hall–Kier alpha value is -3.94. The zero-order valence-electron chi connectivity index (χ0n) is 15.4. The fraction of sp³-hybridized carbons (Fsp3) is 0.143. The standard InChI is InChI=1S/C21H17N5O3/c27-20-18-15(14-3-6-22-7-4-14)5-8-23-19(18)25-21(26-20)24-12-13-1-2-16-17(11-13)29-10-9-28-16/h1-8,11H,9-10,12H2,(H2,23,24,25,26,27). The van der Waals surface area contributed by atoms with Crippen molar-refractivity contribution in [1.82, 2.24) is 19.9 Å². The van der Waals surface area contributed by atoms with Crippen molar-refractivity contribution in [3.05, 3.63) is 70.9 Å². The molecule has 3 aromatic heterocycles. The number of nitrogens with zero attached hydrogens (tertiary/aromatic N) is 3. The first-order valence-corrected chi connectivity index (χ1v) is 9.20. The smallest absolute Gasteiger partial charge is 0.262 e. The minimum absolute atomic E-state index is 0.250. The summed E-state index contributed by atoms with van der Waals surface area (Å²) in [6.45, 7) is 1.56. The molecule has 29 heavy (non-hydrogen) atoms. The number of aromatic nitrogens is 4. The predicted octanol–water partition coefficient (Wildman–Crippen LogP) is 2.76. The molecule has 0 saturated heterocycles. The topological polar surface area (TPSA) is 102 Å². The van der Waals surface area contributed by atoms with Gasteiger partial charge in [-0.1, -0.05) is 6.07 Å². The van der Waals surface area contributed by atoms with E-state index in [9.17, 15) is 4.79 Å². The van der Waals surface area contributed by atoms with Crippen LogP contribution in [0.1, 0.15) is 5.56 Å². The van der Waals surface area contributed by atoms with Crippen molar-refractivity contribution in [1.29, 1.82) is 0 Å². The Bertz CT molecular complexity index is 1240. The number of rotatable bonds is 4. The summed E-state index contributed by atoms with van der Waals surface area (Å²) in [5, 5.41) is 3.59. The van der Waals surface area contributed by atoms with Gasteiger partial charge in [0.15, 0.2) is 17.1 Å². The Kier molecular flexibility index (Phi) is 4.28. The van der Waals surface area contributed by atoms with Gasteiger partial charge in [-0.2, -0.15) is 4.98 Å². The van der Waals surface area contributed by atoms with Crippen LogP contribution >= 0.6 is 0 Å². The van der Waals surface area contributed by atoms with E-state index in [2.05, 4.69) is 25.3 Å². The van der Waals surface area contributed by atoms with E-state index in [1.807, 2.05) is 30.3 Å². The highest BCUT2D eigenvalue weighted by Crippen LogP contribution is 2.31. The number of H-pyrrole nitrogens is 1. The van der Waals surface area contributed by atoms with Crippen LogP contribution in [0.3, 0.4) is 0 Å². The highest BCUT2D eigenvalue weighted by molar-refractivity contribution is 5.91. The van der Waals surface area contributed by atoms with Crippen LogP contribution in [0.4, 0.5) is 5.95 Å². The molecule has 8 heteroatoms. The first-order valence-electron chi connectivity index (χ1n) is 9.20. The van der Waals surface area contributed by atoms with E-state index in [0.717, 1.165) is 28.2 Å². The number of anilines is 1. The number of benzene rings is 1. The molecule has 1 aliphatic heterocycles. The molecule has 144 valence electrons. The summed E-state index contributed by atoms with van der Waals surface area (Å²) in [5.41, 5.74) is 2.77. The molecule has 4 heterocycles. The van der Waals surface area contributed by atoms with E-state index >= 15 is 0 Å². The molecular weight excluding hydrogens is 370 g/mol. The van der Waals surface area contributed by atoms with Gasteiger partial charge in [0.1, 0.15) is 13.2 Å². The number of fused-ring (bicyclic) bond motifs is 2. The van der Waals surface area contributed by atoms with Crippen LogP contribution in [0.15, 0.2) is 59.8 Å². The Morgan fingerprint density at radius 2 is 1.83 bits per heavy atom. The number of ether oxygens (including phenoxy) is 2. The van der Waals surface area contributed by atoms with Crippen LogP contribution in [-0.4, -0.2) is 33.1 Å². The number of nitrogens with one attached hydrogen (secondary N) is 2. The Morgan fingerprint density at radius 1 is 1.00 bits per heavy atom. The van der Waals surface area contributed by atoms with E-state index in [4.69, 9.17) is 9.47 Å². The Morgan fingerprint density at radius 3 is 2.69 bits per heavy atom. The lowest BCUT2D eigenvalue weighted by molar-refractivity contribution is 0.171. The number of hydrogen-bond acceptors (Lipinski definition) is 7. The third kappa shape index (κ3) is 3.36. The van der Waals surface area contributed by atoms with Crippen molar-refractivity contribution in [2.75, 3.05) is 18.5 Å². The van der Waals surface area contributed by atoms with Crippen LogP contribution < -0.4 is 20.3 Å². The van der Waals surface area contributed by atoms with Crippen LogP contribution in [0, 0.1) is 0 Å². The van der Waals surface area contributed by atoms with Gasteiger partial charge in [0, 0.05) is 25.1 Å². The minimum atomic E-state index is -0.250. The van der Waals surface area contributed by atoms with Crippen molar-refractivity contribution in [3.63, 3.8) is 0 Å². The van der Waals surface area contributed by atoms with Crippen LogP contribution in [0.2, 0.25) is 0 Å². The average Bonchev–Trinajstić information content (AvgIpc) is 2.78. The maximum atomic E-state index is 12.8. The normalized spacial score (nSPS) is 12.7. The molecule has 4 aromatic rings. The second-order valence-corrected chi connectivity index (χ2v) is 6.54. The summed E-state index contributed by atoms with van der Waals surface area (Å²) >= 11 is 0. The van der Waals surface area contributed by atoms with Crippen LogP contribution in [-0.2, 0) is 6.54 Å². The maximum Gasteiger partial charge on any atom is 0.262 e. The fourth-order valence-electron chi connectivity index (χ4n) is 3.30. The van der Waals surface area contributed by atoms with Gasteiger partial charge in [-0.3, -0.25) is 14.8 Å². The second-order valence-electron chi connectivity index (χ2n) is 6.54. The molecule has 0 aliphatic carbocycles. The maximum absolute atomic E-state index is 12.8. The molecule has 0 bridgehead atoms. The van der Waals surface area contributed by atoms with Crippen molar-refractivity contribution < 1.29 is 9.47 Å². The summed E-state index contributed by atoms with van der Waals surface area (Å²) in [5.74, 6) is 1.82. The van der Waals surface area contributed by atoms with Gasteiger partial charge in [-0.25, -0.2) is 4.98 Å². The molecule has 0 atom stereocenters. The first-order chi connectivity index (χ1) is 14.3. The van der Waals surface area contributed by atoms with E-state index in [-0.39, 0.29) is 5.56 Å². The van der Waals surface area contributed by atoms with Gasteiger partial charge >= 0.3 is 0 Å². The van der Waals surface area contributed by atoms with Gasteiger partial charge in [-0.15, -0.1) is 0 Å². The number of hydrogen-bond donors (Lipinski definition) is 2. The minimum Gasteiger partial charge on any atom is -0.486 e. The second kappa shape index (κ2) is 7.23. The lowest BCUT2D eigenvalue weighted by atomic mass is 10.1. The summed E-state index contributed by atoms with van der Waals surface area (Å²) in [6, 6.07) is 11.2. The lowest BCUT2D eigenvalue weighted by Crippen LogP contribution is -2.16. The number of aromatic amines is 1. The zero-order chi connectivity index (χ0) is 19.6. The van der Waals surface area contributed by atoms with Gasteiger partial charge in [0.25, 0.3) is 5.56 Å². The third-order valence-electron chi connectivity index (χ3n) is 4.67. The van der Waals surface area contributed by atoms with Crippen molar-refractivity contribution in [3.8, 4) is 22.6 Å². The molecule has 2 N–H and O–H groups in total. The van der Waals surface area contributed by atoms with E-state index < -0.39 is 0 Å². The van der Waals surface area contributed by atoms with E-state index in [1.54, 1.807) is 24.7 Å². The molecule has 0 spiro atoms. The van der Waals surface area contributed by atoms with Gasteiger partial charge in [0.05, 0.1) is 5.39 Å². The molecule has 8 nitrogen and oxygen atoms in total.